The molecule has 1 saturated heterocycles. The summed E-state index contributed by atoms with van der Waals surface area (Å²) in [4.78, 5) is 25.0. The van der Waals surface area contributed by atoms with Gasteiger partial charge in [-0.05, 0) is 23.8 Å². The van der Waals surface area contributed by atoms with Gasteiger partial charge in [0.15, 0.2) is 23.1 Å². The Morgan fingerprint density at radius 1 is 1.53 bits per heavy atom. The molecule has 2 heterocycles. The maximum atomic E-state index is 13.1. The van der Waals surface area contributed by atoms with Gasteiger partial charge < -0.3 is 30.5 Å². The van der Waals surface area contributed by atoms with Crippen molar-refractivity contribution >= 4 is 29.6 Å². The number of hydrogen-bond acceptors (Lipinski definition) is 9. The van der Waals surface area contributed by atoms with Gasteiger partial charge in [-0.15, -0.1) is 11.8 Å². The van der Waals surface area contributed by atoms with Crippen molar-refractivity contribution in [2.24, 2.45) is 0 Å². The third-order valence-corrected chi connectivity index (χ3v) is 4.86. The number of phenolic OH excluding ortho intramolecular Hbond substituents is 1. The van der Waals surface area contributed by atoms with Gasteiger partial charge in [-0.2, -0.15) is 4.98 Å². The summed E-state index contributed by atoms with van der Waals surface area (Å²) in [5.41, 5.74) is 4.76. The summed E-state index contributed by atoms with van der Waals surface area (Å²) in [6.07, 6.45) is 2.79. The number of aliphatic hydroxyl groups excluding tert-OH is 1. The average Bonchev–Trinajstić information content (AvgIpc) is 3.19. The van der Waals surface area contributed by atoms with Gasteiger partial charge in [-0.1, -0.05) is 6.07 Å². The van der Waals surface area contributed by atoms with Gasteiger partial charge in [0.1, 0.15) is 11.7 Å². The van der Waals surface area contributed by atoms with Crippen LogP contribution in [0.25, 0.3) is 6.08 Å². The number of nitrogens with two attached hydrogens (primary N) is 1. The lowest BCUT2D eigenvalue weighted by molar-refractivity contribution is -0.131. The molecule has 162 valence electrons. The number of aliphatic carboxylic acids is 1. The van der Waals surface area contributed by atoms with Crippen LogP contribution in [0.1, 0.15) is 11.8 Å². The number of aromatic hydroxyl groups is 1. The Balaban J connectivity index is 0.000000216. The van der Waals surface area contributed by atoms with Crippen LogP contribution >= 0.6 is 11.8 Å². The minimum Gasteiger partial charge on any atom is -0.504 e. The number of carboxylic acid groups (broad SMARTS) is 1. The van der Waals surface area contributed by atoms with E-state index in [-0.39, 0.29) is 12.4 Å². The van der Waals surface area contributed by atoms with Gasteiger partial charge in [0.25, 0.3) is 0 Å². The molecule has 5 N–H and O–H groups in total. The molecular formula is C18H20FN3O7S. The van der Waals surface area contributed by atoms with E-state index in [4.69, 9.17) is 25.4 Å². The van der Waals surface area contributed by atoms with Crippen LogP contribution in [0.5, 0.6) is 11.5 Å². The number of anilines is 1. The largest absolute Gasteiger partial charge is 0.504 e. The van der Waals surface area contributed by atoms with Crippen LogP contribution in [0.3, 0.4) is 0 Å². The number of thioether (sulfide) groups is 1. The predicted molar refractivity (Wildman–Crippen MR) is 108 cm³/mol. The van der Waals surface area contributed by atoms with E-state index in [9.17, 15) is 19.1 Å². The lowest BCUT2D eigenvalue weighted by Gasteiger charge is -2.13. The molecule has 1 aliphatic heterocycles. The van der Waals surface area contributed by atoms with Crippen molar-refractivity contribution in [2.45, 2.75) is 11.7 Å². The minimum absolute atomic E-state index is 0.0278. The summed E-state index contributed by atoms with van der Waals surface area (Å²) in [5, 5.41) is 26.5. The number of nitrogens with zero attached hydrogens (tertiary/aromatic N) is 2. The Labute approximate surface area is 174 Å². The lowest BCUT2D eigenvalue weighted by Crippen LogP contribution is -2.29. The Kier molecular flexibility index (Phi) is 8.21. The van der Waals surface area contributed by atoms with Crippen molar-refractivity contribution < 1.29 is 34.0 Å². The maximum absolute atomic E-state index is 13.1. The first-order valence-electron chi connectivity index (χ1n) is 8.45. The zero-order valence-corrected chi connectivity index (χ0v) is 16.6. The fourth-order valence-electron chi connectivity index (χ4n) is 2.31. The van der Waals surface area contributed by atoms with E-state index in [1.54, 1.807) is 12.1 Å². The van der Waals surface area contributed by atoms with Crippen LogP contribution in [0.2, 0.25) is 0 Å². The molecule has 2 aromatic rings. The van der Waals surface area contributed by atoms with Crippen LogP contribution in [0.15, 0.2) is 35.3 Å². The van der Waals surface area contributed by atoms with E-state index in [1.165, 1.54) is 31.0 Å². The number of benzene rings is 1. The third kappa shape index (κ3) is 6.20. The number of aliphatic hydroxyl groups is 1. The predicted octanol–water partition coefficient (Wildman–Crippen LogP) is 1.04. The standard InChI is InChI=1S/C10H10O4.C8H10FN3O3S/c1-14-9-6-7(2-4-8(9)11)3-5-10(12)13;9-4-1-12(8(14)11-7(4)10)5-3-16-6(2-13)15-5/h2-6,11H,1H3,(H,12,13);1,5-6,13H,2-3H2,(H2,10,11,14)/t;5-,6+/m.0/s1. The van der Waals surface area contributed by atoms with Crippen molar-refractivity contribution in [1.29, 1.82) is 0 Å². The van der Waals surface area contributed by atoms with Crippen molar-refractivity contribution in [2.75, 3.05) is 25.2 Å². The van der Waals surface area contributed by atoms with Crippen LogP contribution < -0.4 is 16.2 Å². The van der Waals surface area contributed by atoms with Crippen molar-refractivity contribution in [3.8, 4) is 11.5 Å². The summed E-state index contributed by atoms with van der Waals surface area (Å²) in [6.45, 7) is -0.152. The summed E-state index contributed by atoms with van der Waals surface area (Å²) in [7, 11) is 1.43. The molecule has 0 saturated carbocycles. The second kappa shape index (κ2) is 10.6. The Morgan fingerprint density at radius 2 is 2.27 bits per heavy atom. The molecule has 0 radical (unpaired) electrons. The number of phenols is 1. The van der Waals surface area contributed by atoms with Gasteiger partial charge in [0.2, 0.25) is 0 Å². The molecule has 1 aromatic carbocycles. The van der Waals surface area contributed by atoms with E-state index < -0.39 is 35.0 Å². The maximum Gasteiger partial charge on any atom is 0.351 e. The van der Waals surface area contributed by atoms with Gasteiger partial charge in [0, 0.05) is 11.8 Å². The first kappa shape index (κ1) is 23.2. The molecule has 0 amide bonds. The summed E-state index contributed by atoms with van der Waals surface area (Å²) in [5.74, 6) is -1.41. The average molecular weight is 441 g/mol. The first-order valence-corrected chi connectivity index (χ1v) is 9.50. The molecule has 1 fully saturated rings. The molecule has 10 nitrogen and oxygen atoms in total. The van der Waals surface area contributed by atoms with Crippen molar-refractivity contribution in [3.05, 3.63) is 52.3 Å². The number of ether oxygens (including phenoxy) is 2. The molecule has 1 aliphatic rings. The quantitative estimate of drug-likeness (QED) is 0.494. The SMILES string of the molecule is COc1cc(C=CC(=O)O)ccc1O.Nc1nc(=O)n([C@@H]2CS[C@H](CO)O2)cc1F. The number of rotatable bonds is 5. The topological polar surface area (TPSA) is 157 Å². The summed E-state index contributed by atoms with van der Waals surface area (Å²) < 4.78 is 24.3. The zero-order valence-electron chi connectivity index (χ0n) is 15.8. The minimum atomic E-state index is -1.02. The summed E-state index contributed by atoms with van der Waals surface area (Å²) in [6, 6.07) is 4.59. The monoisotopic (exact) mass is 441 g/mol. The van der Waals surface area contributed by atoms with Crippen molar-refractivity contribution in [3.63, 3.8) is 0 Å². The first-order chi connectivity index (χ1) is 14.2. The Bertz CT molecular complexity index is 983. The van der Waals surface area contributed by atoms with E-state index in [0.29, 0.717) is 17.1 Å². The number of aromatic nitrogens is 2. The van der Waals surface area contributed by atoms with Gasteiger partial charge in [-0.25, -0.2) is 14.0 Å². The van der Waals surface area contributed by atoms with Crippen LogP contribution in [-0.2, 0) is 9.53 Å². The molecule has 30 heavy (non-hydrogen) atoms. The van der Waals surface area contributed by atoms with Crippen molar-refractivity contribution in [1.82, 2.24) is 9.55 Å². The molecule has 0 bridgehead atoms. The molecule has 0 spiro atoms. The number of hydrogen-bond donors (Lipinski definition) is 4. The van der Waals surface area contributed by atoms with Crippen LogP contribution in [0.4, 0.5) is 10.2 Å². The highest BCUT2D eigenvalue weighted by Crippen LogP contribution is 2.30. The molecule has 0 unspecified atom stereocenters. The molecule has 2 atom stereocenters. The number of nitrogen functional groups attached to an aromatic ring is 1. The van der Waals surface area contributed by atoms with E-state index in [0.717, 1.165) is 16.8 Å². The smallest absolute Gasteiger partial charge is 0.351 e. The number of carboxylic acids is 1. The number of carbonyl (C=O) groups is 1. The molecule has 3 rings (SSSR count). The van der Waals surface area contributed by atoms with Gasteiger partial charge in [-0.3, -0.25) is 4.57 Å². The van der Waals surface area contributed by atoms with Gasteiger partial charge in [0.05, 0.1) is 19.9 Å². The second-order valence-corrected chi connectivity index (χ2v) is 7.00. The third-order valence-electron chi connectivity index (χ3n) is 3.75. The fourth-order valence-corrected chi connectivity index (χ4v) is 3.25. The fraction of sp³-hybridized carbons (Fsp3) is 0.278. The number of methoxy groups -OCH3 is 1. The highest BCUT2D eigenvalue weighted by atomic mass is 32.2. The molecule has 12 heteroatoms. The molecular weight excluding hydrogens is 421 g/mol. The van der Waals surface area contributed by atoms with E-state index in [2.05, 4.69) is 4.98 Å². The zero-order chi connectivity index (χ0) is 22.3. The second-order valence-electron chi connectivity index (χ2n) is 5.80. The molecule has 0 aliphatic carbocycles. The molecule has 1 aromatic heterocycles. The van der Waals surface area contributed by atoms with E-state index >= 15 is 0 Å². The Morgan fingerprint density at radius 3 is 2.87 bits per heavy atom. The summed E-state index contributed by atoms with van der Waals surface area (Å²) >= 11 is 1.35. The van der Waals surface area contributed by atoms with Gasteiger partial charge >= 0.3 is 11.7 Å². The highest BCUT2D eigenvalue weighted by molar-refractivity contribution is 8.00. The van der Waals surface area contributed by atoms with Crippen LogP contribution in [0, 0.1) is 5.82 Å². The number of halogens is 1. The lowest BCUT2D eigenvalue weighted by atomic mass is 10.2. The van der Waals surface area contributed by atoms with E-state index in [1.807, 2.05) is 0 Å². The van der Waals surface area contributed by atoms with Crippen LogP contribution in [-0.4, -0.2) is 55.7 Å². The Hall–Kier alpha value is -3.09. The highest BCUT2D eigenvalue weighted by Gasteiger charge is 2.28. The normalized spacial score (nSPS) is 18.1.